The highest BCUT2D eigenvalue weighted by Gasteiger charge is 2.14. The zero-order valence-electron chi connectivity index (χ0n) is 12.7. The fourth-order valence-corrected chi connectivity index (χ4v) is 3.87. The topological polar surface area (TPSA) is 70.9 Å². The maximum atomic E-state index is 9.39. The van der Waals surface area contributed by atoms with Crippen LogP contribution in [0.15, 0.2) is 36.7 Å². The lowest BCUT2D eigenvalue weighted by Crippen LogP contribution is -1.94. The van der Waals surface area contributed by atoms with E-state index >= 15 is 0 Å². The molecule has 0 spiro atoms. The normalized spacial score (nSPS) is 11.2. The second-order valence-corrected chi connectivity index (χ2v) is 6.43. The number of aryl methyl sites for hydroxylation is 2. The van der Waals surface area contributed by atoms with Crippen molar-refractivity contribution in [3.63, 3.8) is 0 Å². The van der Waals surface area contributed by atoms with Crippen molar-refractivity contribution in [3.8, 4) is 5.75 Å². The SMILES string of the molecule is Cc1cc(C)c2c(n1)sc1c(Nc3ccc(O)cc3)ncnc12. The lowest BCUT2D eigenvalue weighted by atomic mass is 10.1. The van der Waals surface area contributed by atoms with Crippen LogP contribution in [0.5, 0.6) is 5.75 Å². The Balaban J connectivity index is 1.90. The molecule has 114 valence electrons. The molecule has 6 heteroatoms. The molecule has 0 aliphatic rings. The molecule has 23 heavy (non-hydrogen) atoms. The van der Waals surface area contributed by atoms with Crippen LogP contribution < -0.4 is 5.32 Å². The van der Waals surface area contributed by atoms with Gasteiger partial charge in [0.25, 0.3) is 0 Å². The van der Waals surface area contributed by atoms with Gasteiger partial charge < -0.3 is 10.4 Å². The quantitative estimate of drug-likeness (QED) is 0.538. The van der Waals surface area contributed by atoms with Gasteiger partial charge in [0.1, 0.15) is 16.9 Å². The summed E-state index contributed by atoms with van der Waals surface area (Å²) in [5, 5.41) is 13.8. The molecule has 5 nitrogen and oxygen atoms in total. The molecule has 0 bridgehead atoms. The summed E-state index contributed by atoms with van der Waals surface area (Å²) in [6.07, 6.45) is 1.57. The number of hydrogen-bond acceptors (Lipinski definition) is 6. The molecule has 4 rings (SSSR count). The van der Waals surface area contributed by atoms with Gasteiger partial charge >= 0.3 is 0 Å². The third-order valence-electron chi connectivity index (χ3n) is 3.68. The van der Waals surface area contributed by atoms with E-state index in [0.29, 0.717) is 0 Å². The summed E-state index contributed by atoms with van der Waals surface area (Å²) in [4.78, 5) is 14.4. The van der Waals surface area contributed by atoms with E-state index in [1.54, 1.807) is 29.8 Å². The van der Waals surface area contributed by atoms with Gasteiger partial charge in [-0.1, -0.05) is 0 Å². The van der Waals surface area contributed by atoms with Gasteiger partial charge in [0.05, 0.1) is 10.2 Å². The first-order valence-corrected chi connectivity index (χ1v) is 8.01. The summed E-state index contributed by atoms with van der Waals surface area (Å²) in [6, 6.07) is 8.97. The summed E-state index contributed by atoms with van der Waals surface area (Å²) in [5.41, 5.74) is 3.96. The predicted octanol–water partition coefficient (Wildman–Crippen LogP) is 4.31. The minimum absolute atomic E-state index is 0.237. The Morgan fingerprint density at radius 3 is 2.65 bits per heavy atom. The fraction of sp³-hybridized carbons (Fsp3) is 0.118. The predicted molar refractivity (Wildman–Crippen MR) is 93.6 cm³/mol. The zero-order valence-corrected chi connectivity index (χ0v) is 13.5. The monoisotopic (exact) mass is 322 g/mol. The minimum Gasteiger partial charge on any atom is -0.508 e. The number of aromatic nitrogens is 3. The molecular formula is C17H14N4OS. The average Bonchev–Trinajstić information content (AvgIpc) is 2.89. The molecular weight excluding hydrogens is 308 g/mol. The van der Waals surface area contributed by atoms with Crippen molar-refractivity contribution in [2.45, 2.75) is 13.8 Å². The molecule has 1 aromatic carbocycles. The number of rotatable bonds is 2. The summed E-state index contributed by atoms with van der Waals surface area (Å²) < 4.78 is 0.983. The molecule has 4 aromatic rings. The number of phenols is 1. The van der Waals surface area contributed by atoms with E-state index in [0.717, 1.165) is 37.6 Å². The Hall–Kier alpha value is -2.73. The summed E-state index contributed by atoms with van der Waals surface area (Å²) in [5.74, 6) is 0.987. The fourth-order valence-electron chi connectivity index (χ4n) is 2.68. The van der Waals surface area contributed by atoms with Gasteiger partial charge in [-0.25, -0.2) is 15.0 Å². The van der Waals surface area contributed by atoms with Gasteiger partial charge in [-0.15, -0.1) is 11.3 Å². The van der Waals surface area contributed by atoms with E-state index in [-0.39, 0.29) is 5.75 Å². The molecule has 0 radical (unpaired) electrons. The van der Waals surface area contributed by atoms with Crippen LogP contribution in [0, 0.1) is 13.8 Å². The second-order valence-electron chi connectivity index (χ2n) is 5.43. The molecule has 0 saturated carbocycles. The maximum Gasteiger partial charge on any atom is 0.151 e. The third-order valence-corrected chi connectivity index (χ3v) is 4.76. The van der Waals surface area contributed by atoms with Crippen molar-refractivity contribution in [1.82, 2.24) is 15.0 Å². The smallest absolute Gasteiger partial charge is 0.151 e. The molecule has 0 fully saturated rings. The highest BCUT2D eigenvalue weighted by Crippen LogP contribution is 2.37. The van der Waals surface area contributed by atoms with Crippen LogP contribution in [0.2, 0.25) is 0 Å². The number of phenolic OH excluding ortho intramolecular Hbond substituents is 1. The molecule has 0 aliphatic heterocycles. The maximum absolute atomic E-state index is 9.39. The van der Waals surface area contributed by atoms with Crippen molar-refractivity contribution in [3.05, 3.63) is 47.9 Å². The molecule has 3 heterocycles. The highest BCUT2D eigenvalue weighted by atomic mass is 32.1. The Kier molecular flexibility index (Phi) is 3.12. The number of anilines is 2. The van der Waals surface area contributed by atoms with Crippen LogP contribution in [0.1, 0.15) is 11.3 Å². The van der Waals surface area contributed by atoms with Crippen LogP contribution in [0.25, 0.3) is 20.4 Å². The zero-order chi connectivity index (χ0) is 16.0. The molecule has 0 atom stereocenters. The largest absolute Gasteiger partial charge is 0.508 e. The average molecular weight is 322 g/mol. The van der Waals surface area contributed by atoms with Gasteiger partial charge in [0.15, 0.2) is 5.82 Å². The molecule has 3 aromatic heterocycles. The Bertz CT molecular complexity index is 1020. The van der Waals surface area contributed by atoms with Gasteiger partial charge in [-0.3, -0.25) is 0 Å². The highest BCUT2D eigenvalue weighted by molar-refractivity contribution is 7.26. The molecule has 0 amide bonds. The summed E-state index contributed by atoms with van der Waals surface area (Å²) in [7, 11) is 0. The van der Waals surface area contributed by atoms with Crippen molar-refractivity contribution >= 4 is 43.3 Å². The van der Waals surface area contributed by atoms with E-state index < -0.39 is 0 Å². The Morgan fingerprint density at radius 1 is 1.09 bits per heavy atom. The molecule has 0 saturated heterocycles. The second kappa shape index (κ2) is 5.17. The van der Waals surface area contributed by atoms with Crippen molar-refractivity contribution < 1.29 is 5.11 Å². The van der Waals surface area contributed by atoms with E-state index in [1.807, 2.05) is 19.1 Å². The summed E-state index contributed by atoms with van der Waals surface area (Å²) >= 11 is 1.59. The lowest BCUT2D eigenvalue weighted by molar-refractivity contribution is 0.475. The number of hydrogen-bond donors (Lipinski definition) is 2. The Labute approximate surface area is 136 Å². The number of benzene rings is 1. The van der Waals surface area contributed by atoms with Gasteiger partial charge in [0, 0.05) is 16.8 Å². The first-order chi connectivity index (χ1) is 11.1. The number of aromatic hydroxyl groups is 1. The van der Waals surface area contributed by atoms with Gasteiger partial charge in [-0.2, -0.15) is 0 Å². The number of nitrogens with zero attached hydrogens (tertiary/aromatic N) is 3. The van der Waals surface area contributed by atoms with E-state index in [1.165, 1.54) is 5.56 Å². The van der Waals surface area contributed by atoms with Crippen molar-refractivity contribution in [1.29, 1.82) is 0 Å². The van der Waals surface area contributed by atoms with E-state index in [4.69, 9.17) is 0 Å². The summed E-state index contributed by atoms with van der Waals surface area (Å²) in [6.45, 7) is 4.08. The van der Waals surface area contributed by atoms with Crippen molar-refractivity contribution in [2.24, 2.45) is 0 Å². The standard InChI is InChI=1S/C17H14N4OS/c1-9-7-10(2)20-17-13(9)14-15(23-17)16(19-8-18-14)21-11-3-5-12(22)6-4-11/h3-8,22H,1-2H3,(H,18,19,21). The van der Waals surface area contributed by atoms with Crippen LogP contribution in [0.3, 0.4) is 0 Å². The lowest BCUT2D eigenvalue weighted by Gasteiger charge is -2.06. The molecule has 2 N–H and O–H groups in total. The Morgan fingerprint density at radius 2 is 1.87 bits per heavy atom. The van der Waals surface area contributed by atoms with Crippen molar-refractivity contribution in [2.75, 3.05) is 5.32 Å². The van der Waals surface area contributed by atoms with Crippen LogP contribution in [-0.2, 0) is 0 Å². The number of thiophene rings is 1. The van der Waals surface area contributed by atoms with E-state index in [2.05, 4.69) is 33.3 Å². The first kappa shape index (κ1) is 13.9. The minimum atomic E-state index is 0.237. The van der Waals surface area contributed by atoms with Gasteiger partial charge in [0.2, 0.25) is 0 Å². The third kappa shape index (κ3) is 2.37. The first-order valence-electron chi connectivity index (χ1n) is 7.19. The molecule has 0 unspecified atom stereocenters. The van der Waals surface area contributed by atoms with Crippen LogP contribution in [-0.4, -0.2) is 20.1 Å². The number of nitrogens with one attached hydrogen (secondary N) is 1. The number of fused-ring (bicyclic) bond motifs is 3. The van der Waals surface area contributed by atoms with Gasteiger partial charge in [-0.05, 0) is 49.7 Å². The molecule has 0 aliphatic carbocycles. The van der Waals surface area contributed by atoms with Crippen LogP contribution in [0.4, 0.5) is 11.5 Å². The van der Waals surface area contributed by atoms with E-state index in [9.17, 15) is 5.11 Å². The van der Waals surface area contributed by atoms with Crippen LogP contribution >= 0.6 is 11.3 Å². The number of pyridine rings is 1.